The van der Waals surface area contributed by atoms with Gasteiger partial charge >= 0.3 is 6.08 Å². The van der Waals surface area contributed by atoms with Crippen LogP contribution in [-0.2, 0) is 6.61 Å². The molecule has 0 aliphatic rings. The van der Waals surface area contributed by atoms with Gasteiger partial charge in [0.25, 0.3) is 0 Å². The van der Waals surface area contributed by atoms with E-state index in [9.17, 15) is 5.11 Å². The summed E-state index contributed by atoms with van der Waals surface area (Å²) in [6.07, 6.45) is 0.822. The highest BCUT2D eigenvalue weighted by Crippen LogP contribution is 2.14. The van der Waals surface area contributed by atoms with E-state index in [1.165, 1.54) is 6.26 Å². The third-order valence-electron chi connectivity index (χ3n) is 2.33. The highest BCUT2D eigenvalue weighted by molar-refractivity contribution is 5.21. The van der Waals surface area contributed by atoms with E-state index in [0.29, 0.717) is 5.69 Å². The van der Waals surface area contributed by atoms with Gasteiger partial charge in [-0.2, -0.15) is 4.98 Å². The Labute approximate surface area is 110 Å². The van der Waals surface area contributed by atoms with Crippen LogP contribution in [0.1, 0.15) is 5.69 Å². The van der Waals surface area contributed by atoms with Crippen LogP contribution in [0.4, 0.5) is 0 Å². The number of aliphatic hydroxyl groups excluding tert-OH is 1. The molecule has 0 bridgehead atoms. The average Bonchev–Trinajstić information content (AvgIpc) is 2.91. The molecule has 6 nitrogen and oxygen atoms in total. The summed E-state index contributed by atoms with van der Waals surface area (Å²) in [5, 5.41) is 9.23. The normalized spacial score (nSPS) is 12.1. The van der Waals surface area contributed by atoms with Crippen molar-refractivity contribution in [1.29, 1.82) is 0 Å². The number of nitrogens with zero attached hydrogens (tertiary/aromatic N) is 1. The number of hydrogen-bond acceptors (Lipinski definition) is 6. The molecule has 1 aromatic carbocycles. The number of ether oxygens (including phenoxy) is 2. The highest BCUT2D eigenvalue weighted by Gasteiger charge is 2.08. The molecule has 1 aromatic heterocycles. The Kier molecular flexibility index (Phi) is 4.77. The Morgan fingerprint density at radius 2 is 2.05 bits per heavy atom. The van der Waals surface area contributed by atoms with Crippen LogP contribution < -0.4 is 15.2 Å². The standard InChI is InChI=1S/C13H16N2O4/c14-6-11(16)9-19-13-15-10(8-18-13)7-17-12-4-2-1-3-5-12/h1-5,8,11,16H,6-7,9,14H2. The molecule has 0 saturated heterocycles. The number of rotatable bonds is 7. The third kappa shape index (κ3) is 4.27. The summed E-state index contributed by atoms with van der Waals surface area (Å²) in [5.74, 6) is 0.756. The van der Waals surface area contributed by atoms with E-state index in [1.54, 1.807) is 0 Å². The van der Waals surface area contributed by atoms with Crippen molar-refractivity contribution in [1.82, 2.24) is 4.98 Å². The van der Waals surface area contributed by atoms with E-state index in [4.69, 9.17) is 19.6 Å². The molecule has 1 heterocycles. The smallest absolute Gasteiger partial charge is 0.393 e. The number of hydrogen-bond donors (Lipinski definition) is 2. The van der Waals surface area contributed by atoms with Crippen LogP contribution in [-0.4, -0.2) is 29.3 Å². The van der Waals surface area contributed by atoms with Crippen molar-refractivity contribution in [2.24, 2.45) is 5.73 Å². The van der Waals surface area contributed by atoms with Crippen molar-refractivity contribution in [3.05, 3.63) is 42.3 Å². The molecule has 0 fully saturated rings. The minimum absolute atomic E-state index is 0.0516. The Morgan fingerprint density at radius 1 is 1.26 bits per heavy atom. The first kappa shape index (κ1) is 13.4. The van der Waals surface area contributed by atoms with Crippen LogP contribution in [0.25, 0.3) is 0 Å². The number of nitrogens with two attached hydrogens (primary N) is 1. The van der Waals surface area contributed by atoms with Gasteiger partial charge in [-0.3, -0.25) is 0 Å². The van der Waals surface area contributed by atoms with Gasteiger partial charge in [-0.25, -0.2) is 0 Å². The largest absolute Gasteiger partial charge is 0.487 e. The first-order chi connectivity index (χ1) is 9.28. The summed E-state index contributed by atoms with van der Waals surface area (Å²) in [6, 6.07) is 9.41. The van der Waals surface area contributed by atoms with Gasteiger partial charge in [0, 0.05) is 6.54 Å². The monoisotopic (exact) mass is 264 g/mol. The molecule has 0 aliphatic heterocycles. The number of aromatic nitrogens is 1. The summed E-state index contributed by atoms with van der Waals surface area (Å²) in [4.78, 5) is 4.07. The number of para-hydroxylation sites is 1. The summed E-state index contributed by atoms with van der Waals surface area (Å²) in [5.41, 5.74) is 5.86. The van der Waals surface area contributed by atoms with Crippen molar-refractivity contribution in [2.75, 3.05) is 13.2 Å². The molecule has 6 heteroatoms. The molecule has 0 spiro atoms. The van der Waals surface area contributed by atoms with Crippen LogP contribution in [0.3, 0.4) is 0 Å². The summed E-state index contributed by atoms with van der Waals surface area (Å²) >= 11 is 0. The fraction of sp³-hybridized carbons (Fsp3) is 0.308. The molecule has 0 aliphatic carbocycles. The van der Waals surface area contributed by atoms with E-state index < -0.39 is 6.10 Å². The second-order valence-electron chi connectivity index (χ2n) is 3.91. The lowest BCUT2D eigenvalue weighted by Crippen LogP contribution is -2.26. The second kappa shape index (κ2) is 6.77. The summed E-state index contributed by atoms with van der Waals surface area (Å²) < 4.78 is 15.7. The molecule has 1 unspecified atom stereocenters. The van der Waals surface area contributed by atoms with Gasteiger partial charge in [0.05, 0.1) is 0 Å². The van der Waals surface area contributed by atoms with E-state index in [1.807, 2.05) is 30.3 Å². The van der Waals surface area contributed by atoms with Crippen molar-refractivity contribution in [3.8, 4) is 11.8 Å². The van der Waals surface area contributed by atoms with Gasteiger partial charge < -0.3 is 24.7 Å². The summed E-state index contributed by atoms with van der Waals surface area (Å²) in [6.45, 7) is 0.469. The van der Waals surface area contributed by atoms with Gasteiger partial charge in [0.15, 0.2) is 0 Å². The lowest BCUT2D eigenvalue weighted by Gasteiger charge is -2.05. The lowest BCUT2D eigenvalue weighted by atomic mass is 10.3. The zero-order valence-electron chi connectivity index (χ0n) is 10.4. The first-order valence-corrected chi connectivity index (χ1v) is 5.91. The number of oxazole rings is 1. The third-order valence-corrected chi connectivity index (χ3v) is 2.33. The van der Waals surface area contributed by atoms with Gasteiger partial charge in [-0.1, -0.05) is 18.2 Å². The predicted molar refractivity (Wildman–Crippen MR) is 67.8 cm³/mol. The molecular formula is C13H16N2O4. The van der Waals surface area contributed by atoms with E-state index in [0.717, 1.165) is 5.75 Å². The Bertz CT molecular complexity index is 486. The predicted octanol–water partition coefficient (Wildman–Crippen LogP) is 0.952. The van der Waals surface area contributed by atoms with E-state index >= 15 is 0 Å². The van der Waals surface area contributed by atoms with Crippen LogP contribution in [0.2, 0.25) is 0 Å². The van der Waals surface area contributed by atoms with Gasteiger partial charge in [-0.15, -0.1) is 0 Å². The number of aliphatic hydroxyl groups is 1. The quantitative estimate of drug-likeness (QED) is 0.773. The minimum atomic E-state index is -0.726. The molecule has 3 N–H and O–H groups in total. The molecule has 102 valence electrons. The fourth-order valence-corrected chi connectivity index (χ4v) is 1.33. The van der Waals surface area contributed by atoms with Crippen molar-refractivity contribution in [2.45, 2.75) is 12.7 Å². The van der Waals surface area contributed by atoms with Crippen molar-refractivity contribution in [3.63, 3.8) is 0 Å². The Morgan fingerprint density at radius 3 is 2.79 bits per heavy atom. The zero-order valence-corrected chi connectivity index (χ0v) is 10.4. The van der Waals surface area contributed by atoms with Crippen molar-refractivity contribution < 1.29 is 19.0 Å². The molecule has 2 aromatic rings. The van der Waals surface area contributed by atoms with Crippen molar-refractivity contribution >= 4 is 0 Å². The Hall–Kier alpha value is -2.05. The molecule has 19 heavy (non-hydrogen) atoms. The van der Waals surface area contributed by atoms with Crippen LogP contribution in [0.15, 0.2) is 41.0 Å². The van der Waals surface area contributed by atoms with Crippen LogP contribution in [0, 0.1) is 0 Å². The second-order valence-corrected chi connectivity index (χ2v) is 3.91. The summed E-state index contributed by atoms with van der Waals surface area (Å²) in [7, 11) is 0. The first-order valence-electron chi connectivity index (χ1n) is 5.91. The maximum atomic E-state index is 9.23. The number of benzene rings is 1. The highest BCUT2D eigenvalue weighted by atomic mass is 16.6. The molecule has 0 saturated carbocycles. The van der Waals surface area contributed by atoms with Gasteiger partial charge in [0.2, 0.25) is 0 Å². The van der Waals surface area contributed by atoms with Gasteiger partial charge in [-0.05, 0) is 12.1 Å². The fourth-order valence-electron chi connectivity index (χ4n) is 1.33. The maximum absolute atomic E-state index is 9.23. The van der Waals surface area contributed by atoms with Crippen LogP contribution >= 0.6 is 0 Å². The molecule has 2 rings (SSSR count). The zero-order chi connectivity index (χ0) is 13.5. The average molecular weight is 264 g/mol. The maximum Gasteiger partial charge on any atom is 0.393 e. The molecule has 1 atom stereocenters. The SMILES string of the molecule is NCC(O)COc1nc(COc2ccccc2)co1. The van der Waals surface area contributed by atoms with Gasteiger partial charge in [0.1, 0.15) is 37.0 Å². The van der Waals surface area contributed by atoms with Crippen LogP contribution in [0.5, 0.6) is 11.8 Å². The lowest BCUT2D eigenvalue weighted by molar-refractivity contribution is 0.0947. The molecular weight excluding hydrogens is 248 g/mol. The topological polar surface area (TPSA) is 90.7 Å². The molecule has 0 amide bonds. The Balaban J connectivity index is 1.81. The minimum Gasteiger partial charge on any atom is -0.487 e. The van der Waals surface area contributed by atoms with E-state index in [2.05, 4.69) is 4.98 Å². The molecule has 0 radical (unpaired) electrons. The van der Waals surface area contributed by atoms with E-state index in [-0.39, 0.29) is 25.8 Å².